The van der Waals surface area contributed by atoms with E-state index in [-0.39, 0.29) is 0 Å². The Hall–Kier alpha value is -1.32. The lowest BCUT2D eigenvalue weighted by atomic mass is 9.46. The van der Waals surface area contributed by atoms with Crippen LogP contribution in [-0.2, 0) is 0 Å². The van der Waals surface area contributed by atoms with Crippen molar-refractivity contribution in [2.24, 2.45) is 50.7 Å². The maximum Gasteiger partial charge on any atom is 0.0795 e. The lowest BCUT2D eigenvalue weighted by Crippen LogP contribution is -2.51. The molecule has 2 N–H and O–H groups in total. The Morgan fingerprint density at radius 3 is 2.62 bits per heavy atom. The second kappa shape index (κ2) is 6.38. The fourth-order valence-corrected chi connectivity index (χ4v) is 7.76. The van der Waals surface area contributed by atoms with Crippen molar-refractivity contribution >= 4 is 11.9 Å². The fourth-order valence-electron chi connectivity index (χ4n) is 7.76. The van der Waals surface area contributed by atoms with Crippen molar-refractivity contribution in [3.05, 3.63) is 11.6 Å². The van der Waals surface area contributed by atoms with Crippen molar-refractivity contribution in [2.45, 2.75) is 72.1 Å². The number of nitrogens with zero attached hydrogens (tertiary/aromatic N) is 2. The predicted octanol–water partition coefficient (Wildman–Crippen LogP) is 5.49. The van der Waals surface area contributed by atoms with Gasteiger partial charge >= 0.3 is 0 Å². The molecule has 26 heavy (non-hydrogen) atoms. The third-order valence-corrected chi connectivity index (χ3v) is 9.12. The van der Waals surface area contributed by atoms with E-state index in [9.17, 15) is 5.21 Å². The minimum atomic E-state index is 0.300. The van der Waals surface area contributed by atoms with Gasteiger partial charge in [-0.2, -0.15) is 0 Å². The first-order valence-corrected chi connectivity index (χ1v) is 10.5. The first-order valence-electron chi connectivity index (χ1n) is 10.5. The van der Waals surface area contributed by atoms with Crippen LogP contribution in [0.3, 0.4) is 0 Å². The first kappa shape index (κ1) is 18.1. The van der Waals surface area contributed by atoms with E-state index in [0.29, 0.717) is 22.7 Å². The number of hydrogen-bond donors (Lipinski definition) is 2. The Morgan fingerprint density at radius 1 is 1.08 bits per heavy atom. The molecule has 4 aliphatic carbocycles. The summed E-state index contributed by atoms with van der Waals surface area (Å²) < 4.78 is 0. The molecule has 4 nitrogen and oxygen atoms in total. The summed E-state index contributed by atoms with van der Waals surface area (Å²) in [5.74, 6) is 3.42. The van der Waals surface area contributed by atoms with Crippen LogP contribution in [0.25, 0.3) is 0 Å². The van der Waals surface area contributed by atoms with Crippen molar-refractivity contribution in [1.82, 2.24) is 0 Å². The van der Waals surface area contributed by atoms with E-state index in [1.54, 1.807) is 6.21 Å². The highest BCUT2D eigenvalue weighted by Crippen LogP contribution is 2.67. The van der Waals surface area contributed by atoms with Gasteiger partial charge in [-0.1, -0.05) is 31.5 Å². The van der Waals surface area contributed by atoms with Crippen molar-refractivity contribution in [3.8, 4) is 0 Å². The predicted molar refractivity (Wildman–Crippen MR) is 104 cm³/mol. The van der Waals surface area contributed by atoms with Crippen LogP contribution in [0.1, 0.15) is 72.1 Å². The zero-order valence-corrected chi connectivity index (χ0v) is 16.5. The van der Waals surface area contributed by atoms with Gasteiger partial charge < -0.3 is 10.4 Å². The van der Waals surface area contributed by atoms with Gasteiger partial charge in [0.2, 0.25) is 0 Å². The molecule has 7 atom stereocenters. The molecule has 0 aromatic carbocycles. The minimum Gasteiger partial charge on any atom is -0.411 e. The van der Waals surface area contributed by atoms with Crippen LogP contribution < -0.4 is 0 Å². The Labute approximate surface area is 157 Å². The molecule has 4 rings (SSSR count). The standard InChI is InChI=1S/C22H34N2O2/c1-14(13-23-25)18-6-7-19-17-5-4-15-12-16(24-26)8-10-21(15,2)20(17)9-11-22(18,19)3/h12-14,17-20,25-26H,4-11H2,1-3H3/b23-13+,24-16-/t14-,17-,18+,19-,20-,21-,22+/m0/s1. The molecule has 0 saturated heterocycles. The van der Waals surface area contributed by atoms with Crippen molar-refractivity contribution < 1.29 is 10.4 Å². The van der Waals surface area contributed by atoms with E-state index < -0.39 is 0 Å². The van der Waals surface area contributed by atoms with Gasteiger partial charge in [0.25, 0.3) is 0 Å². The molecular weight excluding hydrogens is 324 g/mol. The Balaban J connectivity index is 1.62. The van der Waals surface area contributed by atoms with E-state index in [0.717, 1.165) is 36.3 Å². The molecular formula is C22H34N2O2. The molecule has 3 fully saturated rings. The SMILES string of the molecule is C[C@@H](/C=N/O)[C@H]1CC[C@H]2[C@@H]3CCC4=C/C(=N\O)CC[C@]4(C)[C@H]3CC[C@]12C. The number of hydrogen-bond acceptors (Lipinski definition) is 4. The summed E-state index contributed by atoms with van der Waals surface area (Å²) in [6, 6.07) is 0. The Bertz CT molecular complexity index is 655. The number of allylic oxidation sites excluding steroid dienone is 2. The number of fused-ring (bicyclic) bond motifs is 5. The quantitative estimate of drug-likeness (QED) is 0.389. The summed E-state index contributed by atoms with van der Waals surface area (Å²) in [5, 5.41) is 25.0. The highest BCUT2D eigenvalue weighted by atomic mass is 16.4. The average Bonchev–Trinajstić information content (AvgIpc) is 2.98. The molecule has 4 heteroatoms. The van der Waals surface area contributed by atoms with Crippen molar-refractivity contribution in [2.75, 3.05) is 0 Å². The van der Waals surface area contributed by atoms with Crippen LogP contribution in [0.5, 0.6) is 0 Å². The minimum absolute atomic E-state index is 0.300. The topological polar surface area (TPSA) is 65.2 Å². The van der Waals surface area contributed by atoms with E-state index in [1.165, 1.54) is 44.1 Å². The summed E-state index contributed by atoms with van der Waals surface area (Å²) in [6.45, 7) is 7.24. The van der Waals surface area contributed by atoms with Crippen molar-refractivity contribution in [1.29, 1.82) is 0 Å². The van der Waals surface area contributed by atoms with E-state index >= 15 is 0 Å². The normalized spacial score (nSPS) is 48.0. The lowest BCUT2D eigenvalue weighted by molar-refractivity contribution is -0.0526. The zero-order valence-electron chi connectivity index (χ0n) is 16.5. The van der Waals surface area contributed by atoms with Crippen LogP contribution >= 0.6 is 0 Å². The number of oxime groups is 2. The van der Waals surface area contributed by atoms with Gasteiger partial charge in [0.1, 0.15) is 0 Å². The molecule has 144 valence electrons. The molecule has 0 spiro atoms. The first-order chi connectivity index (χ1) is 12.4. The van der Waals surface area contributed by atoms with Crippen LogP contribution in [0.2, 0.25) is 0 Å². The van der Waals surface area contributed by atoms with E-state index in [2.05, 4.69) is 37.2 Å². The third kappa shape index (κ3) is 2.47. The molecule has 0 aliphatic heterocycles. The van der Waals surface area contributed by atoms with Crippen LogP contribution in [0.15, 0.2) is 22.0 Å². The molecule has 0 bridgehead atoms. The monoisotopic (exact) mass is 358 g/mol. The third-order valence-electron chi connectivity index (χ3n) is 9.12. The van der Waals surface area contributed by atoms with Gasteiger partial charge in [0.05, 0.1) is 5.71 Å². The molecule has 0 radical (unpaired) electrons. The van der Waals surface area contributed by atoms with Gasteiger partial charge in [-0.25, -0.2) is 0 Å². The second-order valence-corrected chi connectivity index (χ2v) is 9.95. The molecule has 3 saturated carbocycles. The maximum atomic E-state index is 9.19. The van der Waals surface area contributed by atoms with Crippen LogP contribution in [0, 0.1) is 40.4 Å². The maximum absolute atomic E-state index is 9.19. The summed E-state index contributed by atoms with van der Waals surface area (Å²) in [5.41, 5.74) is 3.10. The largest absolute Gasteiger partial charge is 0.411 e. The zero-order chi connectivity index (χ0) is 18.5. The molecule has 0 heterocycles. The summed E-state index contributed by atoms with van der Waals surface area (Å²) in [6.07, 6.45) is 13.7. The summed E-state index contributed by atoms with van der Waals surface area (Å²) >= 11 is 0. The van der Waals surface area contributed by atoms with Gasteiger partial charge in [-0.3, -0.25) is 0 Å². The highest BCUT2D eigenvalue weighted by Gasteiger charge is 2.59. The molecule has 0 aromatic rings. The smallest absolute Gasteiger partial charge is 0.0795 e. The highest BCUT2D eigenvalue weighted by molar-refractivity contribution is 5.96. The molecule has 0 unspecified atom stereocenters. The Morgan fingerprint density at radius 2 is 1.88 bits per heavy atom. The summed E-state index contributed by atoms with van der Waals surface area (Å²) in [7, 11) is 0. The molecule has 0 amide bonds. The summed E-state index contributed by atoms with van der Waals surface area (Å²) in [4.78, 5) is 0. The Kier molecular flexibility index (Phi) is 4.44. The number of rotatable bonds is 2. The van der Waals surface area contributed by atoms with Gasteiger partial charge in [-0.05, 0) is 97.9 Å². The van der Waals surface area contributed by atoms with Crippen molar-refractivity contribution in [3.63, 3.8) is 0 Å². The van der Waals surface area contributed by atoms with Gasteiger partial charge in [0, 0.05) is 6.21 Å². The lowest BCUT2D eigenvalue weighted by Gasteiger charge is -2.58. The second-order valence-electron chi connectivity index (χ2n) is 9.95. The molecule has 0 aromatic heterocycles. The van der Waals surface area contributed by atoms with E-state index in [4.69, 9.17) is 5.21 Å². The van der Waals surface area contributed by atoms with Crippen LogP contribution in [-0.4, -0.2) is 22.3 Å². The van der Waals surface area contributed by atoms with Gasteiger partial charge in [-0.15, -0.1) is 5.16 Å². The van der Waals surface area contributed by atoms with Gasteiger partial charge in [0.15, 0.2) is 0 Å². The average molecular weight is 359 g/mol. The fraction of sp³-hybridized carbons (Fsp3) is 0.818. The van der Waals surface area contributed by atoms with E-state index in [1.807, 2.05) is 0 Å². The van der Waals surface area contributed by atoms with Crippen LogP contribution in [0.4, 0.5) is 0 Å². The molecule has 4 aliphatic rings.